The van der Waals surface area contributed by atoms with Crippen molar-refractivity contribution < 1.29 is 22.7 Å². The van der Waals surface area contributed by atoms with Crippen molar-refractivity contribution in [2.45, 2.75) is 25.5 Å². The normalized spacial score (nSPS) is 18.0. The molecule has 1 aromatic rings. The predicted octanol–water partition coefficient (Wildman–Crippen LogP) is 0.107. The van der Waals surface area contributed by atoms with Gasteiger partial charge in [-0.25, -0.2) is 14.7 Å². The van der Waals surface area contributed by atoms with Gasteiger partial charge in [0.1, 0.15) is 12.6 Å². The Morgan fingerprint density at radius 3 is 2.64 bits per heavy atom. The van der Waals surface area contributed by atoms with E-state index in [1.807, 2.05) is 30.3 Å². The second kappa shape index (κ2) is 6.75. The summed E-state index contributed by atoms with van der Waals surface area (Å²) in [5.74, 6) is -0.823. The van der Waals surface area contributed by atoms with Gasteiger partial charge >= 0.3 is 6.09 Å². The fourth-order valence-electron chi connectivity index (χ4n) is 2.27. The number of rotatable bonds is 4. The molecule has 0 aromatic heterocycles. The van der Waals surface area contributed by atoms with Crippen LogP contribution in [0.4, 0.5) is 4.79 Å². The molecule has 0 spiro atoms. The Balaban J connectivity index is 1.95. The molecule has 0 aliphatic carbocycles. The summed E-state index contributed by atoms with van der Waals surface area (Å²) in [5.41, 5.74) is 0.820. The second-order valence-electron chi connectivity index (χ2n) is 4.90. The summed E-state index contributed by atoms with van der Waals surface area (Å²) in [6, 6.07) is 8.22. The molecule has 0 bridgehead atoms. The first kappa shape index (κ1) is 16.2. The molecule has 9 heteroatoms. The van der Waals surface area contributed by atoms with Crippen LogP contribution in [-0.2, 0) is 26.3 Å². The maximum atomic E-state index is 12.0. The van der Waals surface area contributed by atoms with Gasteiger partial charge in [-0.15, -0.1) is 0 Å². The summed E-state index contributed by atoms with van der Waals surface area (Å²) in [5, 5.41) is 4.77. The zero-order valence-electron chi connectivity index (χ0n) is 11.8. The molecule has 8 nitrogen and oxygen atoms in total. The van der Waals surface area contributed by atoms with Crippen LogP contribution < -0.4 is 9.86 Å². The number of hydrogen-bond donors (Lipinski definition) is 2. The van der Waals surface area contributed by atoms with Gasteiger partial charge in [-0.2, -0.15) is 8.42 Å². The van der Waals surface area contributed by atoms with Crippen molar-refractivity contribution in [2.75, 3.05) is 6.54 Å². The number of ether oxygens (including phenoxy) is 1. The Bertz CT molecular complexity index is 647. The lowest BCUT2D eigenvalue weighted by Gasteiger charge is -2.22. The standard InChI is InChI=1S/C13H17N3O5S/c14-22(19,20)15-12(17)11-7-4-8-16(11)13(18)21-9-10-5-2-1-3-6-10/h1-3,5-6,11H,4,7-9H2,(H,15,17)(H2,14,19,20)/t11-/m1/s1. The van der Waals surface area contributed by atoms with Gasteiger partial charge in [0.05, 0.1) is 0 Å². The van der Waals surface area contributed by atoms with Crippen LogP contribution in [0.5, 0.6) is 0 Å². The zero-order chi connectivity index (χ0) is 16.2. The van der Waals surface area contributed by atoms with Crippen LogP contribution in [0.2, 0.25) is 0 Å². The van der Waals surface area contributed by atoms with E-state index in [4.69, 9.17) is 9.88 Å². The highest BCUT2D eigenvalue weighted by molar-refractivity contribution is 7.87. The Morgan fingerprint density at radius 1 is 1.32 bits per heavy atom. The van der Waals surface area contributed by atoms with E-state index in [1.54, 1.807) is 4.72 Å². The molecule has 0 saturated carbocycles. The summed E-state index contributed by atoms with van der Waals surface area (Å²) in [4.78, 5) is 25.1. The monoisotopic (exact) mass is 327 g/mol. The smallest absolute Gasteiger partial charge is 0.410 e. The number of nitrogens with one attached hydrogen (secondary N) is 1. The molecule has 1 aliphatic heterocycles. The van der Waals surface area contributed by atoms with E-state index < -0.39 is 28.3 Å². The number of likely N-dealkylation sites (tertiary alicyclic amines) is 1. The average Bonchev–Trinajstić information content (AvgIpc) is 2.93. The first-order valence-electron chi connectivity index (χ1n) is 6.68. The lowest BCUT2D eigenvalue weighted by atomic mass is 10.2. The van der Waals surface area contributed by atoms with E-state index in [-0.39, 0.29) is 6.61 Å². The van der Waals surface area contributed by atoms with Gasteiger partial charge in [-0.05, 0) is 18.4 Å². The lowest BCUT2D eigenvalue weighted by Crippen LogP contribution is -2.49. The molecule has 1 saturated heterocycles. The molecule has 0 radical (unpaired) electrons. The Hall–Kier alpha value is -2.13. The molecule has 2 amide bonds. The topological polar surface area (TPSA) is 119 Å². The lowest BCUT2D eigenvalue weighted by molar-refractivity contribution is -0.123. The fourth-order valence-corrected chi connectivity index (χ4v) is 2.68. The minimum atomic E-state index is -4.14. The summed E-state index contributed by atoms with van der Waals surface area (Å²) in [7, 11) is -4.14. The Kier molecular flexibility index (Phi) is 4.99. The quantitative estimate of drug-likeness (QED) is 0.813. The molecule has 1 heterocycles. The van der Waals surface area contributed by atoms with Crippen LogP contribution in [0, 0.1) is 0 Å². The molecule has 0 unspecified atom stereocenters. The van der Waals surface area contributed by atoms with Crippen molar-refractivity contribution in [2.24, 2.45) is 5.14 Å². The maximum absolute atomic E-state index is 12.0. The number of nitrogens with zero attached hydrogens (tertiary/aromatic N) is 1. The molecule has 3 N–H and O–H groups in total. The SMILES string of the molecule is NS(=O)(=O)NC(=O)[C@H]1CCCN1C(=O)OCc1ccccc1. The first-order valence-corrected chi connectivity index (χ1v) is 8.23. The van der Waals surface area contributed by atoms with E-state index in [0.717, 1.165) is 5.56 Å². The Morgan fingerprint density at radius 2 is 2.00 bits per heavy atom. The highest BCUT2D eigenvalue weighted by atomic mass is 32.2. The fraction of sp³-hybridized carbons (Fsp3) is 0.385. The van der Waals surface area contributed by atoms with Gasteiger partial charge in [-0.3, -0.25) is 9.69 Å². The van der Waals surface area contributed by atoms with Gasteiger partial charge < -0.3 is 4.74 Å². The molecule has 1 atom stereocenters. The van der Waals surface area contributed by atoms with Crippen LogP contribution in [0.25, 0.3) is 0 Å². The highest BCUT2D eigenvalue weighted by Crippen LogP contribution is 2.19. The highest BCUT2D eigenvalue weighted by Gasteiger charge is 2.36. The van der Waals surface area contributed by atoms with Crippen LogP contribution >= 0.6 is 0 Å². The molecular formula is C13H17N3O5S. The van der Waals surface area contributed by atoms with Gasteiger partial charge in [0, 0.05) is 6.54 Å². The predicted molar refractivity (Wildman–Crippen MR) is 77.6 cm³/mol. The van der Waals surface area contributed by atoms with Crippen molar-refractivity contribution in [3.05, 3.63) is 35.9 Å². The van der Waals surface area contributed by atoms with Crippen molar-refractivity contribution in [1.29, 1.82) is 0 Å². The number of benzene rings is 1. The van der Waals surface area contributed by atoms with Gasteiger partial charge in [0.25, 0.3) is 16.1 Å². The van der Waals surface area contributed by atoms with Gasteiger partial charge in [0.2, 0.25) is 0 Å². The van der Waals surface area contributed by atoms with Crippen molar-refractivity contribution in [3.8, 4) is 0 Å². The summed E-state index contributed by atoms with van der Waals surface area (Å²) < 4.78 is 28.6. The van der Waals surface area contributed by atoms with Gasteiger partial charge in [-0.1, -0.05) is 30.3 Å². The molecule has 2 rings (SSSR count). The van der Waals surface area contributed by atoms with E-state index in [1.165, 1.54) is 4.90 Å². The first-order chi connectivity index (χ1) is 10.4. The third kappa shape index (κ3) is 4.43. The maximum Gasteiger partial charge on any atom is 0.410 e. The molecule has 22 heavy (non-hydrogen) atoms. The van der Waals surface area contributed by atoms with E-state index in [9.17, 15) is 18.0 Å². The molecule has 1 aliphatic rings. The second-order valence-corrected chi connectivity index (χ2v) is 6.20. The zero-order valence-corrected chi connectivity index (χ0v) is 12.6. The number of amides is 2. The number of carbonyl (C=O) groups excluding carboxylic acids is 2. The largest absolute Gasteiger partial charge is 0.445 e. The summed E-state index contributed by atoms with van der Waals surface area (Å²) >= 11 is 0. The molecule has 1 aromatic carbocycles. The minimum Gasteiger partial charge on any atom is -0.445 e. The summed E-state index contributed by atoms with van der Waals surface area (Å²) in [6.07, 6.45) is 0.293. The van der Waals surface area contributed by atoms with Gasteiger partial charge in [0.15, 0.2) is 0 Å². The van der Waals surface area contributed by atoms with Crippen LogP contribution in [0.15, 0.2) is 30.3 Å². The average molecular weight is 327 g/mol. The van der Waals surface area contributed by atoms with E-state index >= 15 is 0 Å². The number of carbonyl (C=O) groups is 2. The van der Waals surface area contributed by atoms with Crippen molar-refractivity contribution in [3.63, 3.8) is 0 Å². The third-order valence-corrected chi connectivity index (χ3v) is 3.72. The van der Waals surface area contributed by atoms with Crippen LogP contribution in [0.1, 0.15) is 18.4 Å². The minimum absolute atomic E-state index is 0.0830. The third-order valence-electron chi connectivity index (χ3n) is 3.24. The van der Waals surface area contributed by atoms with E-state index in [2.05, 4.69) is 0 Å². The molecule has 1 fully saturated rings. The van der Waals surface area contributed by atoms with E-state index in [0.29, 0.717) is 19.4 Å². The van der Waals surface area contributed by atoms with Crippen LogP contribution in [0.3, 0.4) is 0 Å². The number of nitrogens with two attached hydrogens (primary N) is 1. The number of hydrogen-bond acceptors (Lipinski definition) is 5. The Labute approximate surface area is 128 Å². The molecular weight excluding hydrogens is 310 g/mol. The molecule has 120 valence electrons. The van der Waals surface area contributed by atoms with Crippen LogP contribution in [-0.4, -0.2) is 37.9 Å². The summed E-state index contributed by atoms with van der Waals surface area (Å²) in [6.45, 7) is 0.413. The van der Waals surface area contributed by atoms with Crippen molar-refractivity contribution >= 4 is 22.2 Å². The van der Waals surface area contributed by atoms with Crippen molar-refractivity contribution in [1.82, 2.24) is 9.62 Å².